The van der Waals surface area contributed by atoms with Crippen LogP contribution in [0.2, 0.25) is 0 Å². The number of carbonyl (C=O) groups excluding carboxylic acids is 2. The van der Waals surface area contributed by atoms with E-state index < -0.39 is 0 Å². The predicted molar refractivity (Wildman–Crippen MR) is 124 cm³/mol. The Bertz CT molecular complexity index is 933. The largest absolute Gasteiger partial charge is 0.491 e. The minimum absolute atomic E-state index is 0.0238. The Morgan fingerprint density at radius 3 is 2.76 bits per heavy atom. The van der Waals surface area contributed by atoms with Crippen LogP contribution in [0, 0.1) is 5.92 Å². The summed E-state index contributed by atoms with van der Waals surface area (Å²) in [6.45, 7) is 8.13. The molecule has 0 aliphatic carbocycles. The van der Waals surface area contributed by atoms with Crippen molar-refractivity contribution in [1.29, 1.82) is 0 Å². The van der Waals surface area contributed by atoms with Gasteiger partial charge in [-0.05, 0) is 25.0 Å². The third-order valence-corrected chi connectivity index (χ3v) is 6.03. The van der Waals surface area contributed by atoms with Crippen molar-refractivity contribution in [2.45, 2.75) is 45.9 Å². The van der Waals surface area contributed by atoms with Crippen molar-refractivity contribution in [2.75, 3.05) is 39.2 Å². The summed E-state index contributed by atoms with van der Waals surface area (Å²) in [6.07, 6.45) is 3.30. The molecule has 1 aliphatic rings. The van der Waals surface area contributed by atoms with Gasteiger partial charge in [0, 0.05) is 58.0 Å². The van der Waals surface area contributed by atoms with Gasteiger partial charge in [-0.1, -0.05) is 13.8 Å². The molecule has 1 aromatic heterocycles. The molecule has 1 aromatic carbocycles. The van der Waals surface area contributed by atoms with Crippen LogP contribution in [0.5, 0.6) is 5.75 Å². The molecule has 9 nitrogen and oxygen atoms in total. The van der Waals surface area contributed by atoms with E-state index in [2.05, 4.69) is 29.0 Å². The SMILES string of the molecule is CCC(=O)Nc1ccc2c(c1)OC[C@@H](C)N(Cc1cocn1)C[C@@H](C)[C@H](OC)CN(C)C2=O. The molecule has 9 heteroatoms. The summed E-state index contributed by atoms with van der Waals surface area (Å²) in [7, 11) is 3.44. The first-order valence-corrected chi connectivity index (χ1v) is 11.3. The van der Waals surface area contributed by atoms with Crippen molar-refractivity contribution in [2.24, 2.45) is 5.92 Å². The van der Waals surface area contributed by atoms with Crippen LogP contribution < -0.4 is 10.1 Å². The number of rotatable bonds is 5. The Morgan fingerprint density at radius 1 is 1.30 bits per heavy atom. The van der Waals surface area contributed by atoms with E-state index in [1.807, 2.05) is 0 Å². The number of aromatic nitrogens is 1. The summed E-state index contributed by atoms with van der Waals surface area (Å²) >= 11 is 0. The summed E-state index contributed by atoms with van der Waals surface area (Å²) in [5.41, 5.74) is 1.89. The standard InChI is InChI=1S/C24H34N4O5/c1-6-23(29)26-18-7-8-20-21(9-18)33-13-17(3)28(11-19-14-32-15-25-19)10-16(2)22(31-5)12-27(4)24(20)30/h7-9,14-17,22H,6,10-13H2,1-5H3,(H,26,29)/t16-,17-,22-/m1/s1. The third kappa shape index (κ3) is 6.33. The highest BCUT2D eigenvalue weighted by atomic mass is 16.5. The molecular weight excluding hydrogens is 424 g/mol. The van der Waals surface area contributed by atoms with Gasteiger partial charge in [-0.3, -0.25) is 14.5 Å². The minimum atomic E-state index is -0.153. The van der Waals surface area contributed by atoms with Gasteiger partial charge in [0.2, 0.25) is 5.91 Å². The van der Waals surface area contributed by atoms with Crippen LogP contribution >= 0.6 is 0 Å². The number of ether oxygens (including phenoxy) is 2. The topological polar surface area (TPSA) is 97.1 Å². The molecule has 2 aromatic rings. The summed E-state index contributed by atoms with van der Waals surface area (Å²) in [5, 5.41) is 2.83. The van der Waals surface area contributed by atoms with Crippen LogP contribution in [0.4, 0.5) is 5.69 Å². The monoisotopic (exact) mass is 458 g/mol. The Hall–Kier alpha value is -2.91. The van der Waals surface area contributed by atoms with Gasteiger partial charge in [-0.25, -0.2) is 4.98 Å². The summed E-state index contributed by atoms with van der Waals surface area (Å²) in [6, 6.07) is 5.17. The molecule has 1 N–H and O–H groups in total. The highest BCUT2D eigenvalue weighted by Gasteiger charge is 2.28. The number of fused-ring (bicyclic) bond motifs is 1. The molecule has 0 spiro atoms. The van der Waals surface area contributed by atoms with E-state index in [4.69, 9.17) is 13.9 Å². The molecule has 0 unspecified atom stereocenters. The van der Waals surface area contributed by atoms with E-state index in [0.29, 0.717) is 43.1 Å². The van der Waals surface area contributed by atoms with Crippen molar-refractivity contribution in [3.05, 3.63) is 42.1 Å². The van der Waals surface area contributed by atoms with Gasteiger partial charge in [0.15, 0.2) is 6.39 Å². The van der Waals surface area contributed by atoms with Gasteiger partial charge in [-0.2, -0.15) is 0 Å². The zero-order chi connectivity index (χ0) is 24.0. The second kappa shape index (κ2) is 11.3. The highest BCUT2D eigenvalue weighted by Crippen LogP contribution is 2.27. The van der Waals surface area contributed by atoms with Crippen LogP contribution in [0.15, 0.2) is 35.3 Å². The maximum absolute atomic E-state index is 13.2. The number of carbonyl (C=O) groups is 2. The molecule has 0 fully saturated rings. The number of amides is 2. The van der Waals surface area contributed by atoms with E-state index in [1.165, 1.54) is 6.39 Å². The lowest BCUT2D eigenvalue weighted by Gasteiger charge is -2.35. The normalized spacial score (nSPS) is 22.6. The van der Waals surface area contributed by atoms with Crippen LogP contribution in [-0.4, -0.2) is 72.6 Å². The van der Waals surface area contributed by atoms with E-state index in [0.717, 1.165) is 12.2 Å². The van der Waals surface area contributed by atoms with Gasteiger partial charge in [-0.15, -0.1) is 0 Å². The molecule has 0 saturated carbocycles. The number of likely N-dealkylation sites (N-methyl/N-ethyl adjacent to an activating group) is 1. The lowest BCUT2D eigenvalue weighted by Crippen LogP contribution is -2.46. The average Bonchev–Trinajstić information content (AvgIpc) is 3.32. The fourth-order valence-corrected chi connectivity index (χ4v) is 3.92. The van der Waals surface area contributed by atoms with Crippen molar-refractivity contribution < 1.29 is 23.5 Å². The summed E-state index contributed by atoms with van der Waals surface area (Å²) in [4.78, 5) is 33.3. The van der Waals surface area contributed by atoms with E-state index in [-0.39, 0.29) is 29.9 Å². The Labute approximate surface area is 195 Å². The number of benzene rings is 1. The number of methoxy groups -OCH3 is 1. The number of oxazole rings is 1. The Morgan fingerprint density at radius 2 is 2.09 bits per heavy atom. The maximum Gasteiger partial charge on any atom is 0.257 e. The first-order valence-electron chi connectivity index (χ1n) is 11.3. The third-order valence-electron chi connectivity index (χ3n) is 6.03. The fourth-order valence-electron chi connectivity index (χ4n) is 3.92. The van der Waals surface area contributed by atoms with Gasteiger partial charge < -0.3 is 24.1 Å². The molecule has 1 aliphatic heterocycles. The van der Waals surface area contributed by atoms with Crippen LogP contribution in [0.3, 0.4) is 0 Å². The molecule has 0 bridgehead atoms. The van der Waals surface area contributed by atoms with Crippen molar-refractivity contribution in [3.63, 3.8) is 0 Å². The Kier molecular flexibility index (Phi) is 8.46. The van der Waals surface area contributed by atoms with Gasteiger partial charge in [0.25, 0.3) is 5.91 Å². The molecule has 2 amide bonds. The van der Waals surface area contributed by atoms with Gasteiger partial charge >= 0.3 is 0 Å². The number of nitrogens with one attached hydrogen (secondary N) is 1. The number of hydrogen-bond acceptors (Lipinski definition) is 7. The summed E-state index contributed by atoms with van der Waals surface area (Å²) < 4.78 is 17.1. The van der Waals surface area contributed by atoms with Crippen molar-refractivity contribution in [1.82, 2.24) is 14.8 Å². The highest BCUT2D eigenvalue weighted by molar-refractivity contribution is 5.98. The van der Waals surface area contributed by atoms with Crippen molar-refractivity contribution in [3.8, 4) is 5.75 Å². The summed E-state index contributed by atoms with van der Waals surface area (Å²) in [5.74, 6) is 0.345. The Balaban J connectivity index is 1.93. The van der Waals surface area contributed by atoms with Gasteiger partial charge in [0.1, 0.15) is 18.6 Å². The lowest BCUT2D eigenvalue weighted by molar-refractivity contribution is -0.115. The molecule has 2 heterocycles. The first-order chi connectivity index (χ1) is 15.8. The quantitative estimate of drug-likeness (QED) is 0.736. The smallest absolute Gasteiger partial charge is 0.257 e. The number of anilines is 1. The van der Waals surface area contributed by atoms with Crippen LogP contribution in [-0.2, 0) is 16.1 Å². The van der Waals surface area contributed by atoms with E-state index in [9.17, 15) is 9.59 Å². The molecule has 0 radical (unpaired) electrons. The predicted octanol–water partition coefficient (Wildman–Crippen LogP) is 3.03. The minimum Gasteiger partial charge on any atom is -0.491 e. The maximum atomic E-state index is 13.2. The second-order valence-corrected chi connectivity index (χ2v) is 8.62. The number of nitrogens with zero attached hydrogens (tertiary/aromatic N) is 3. The molecule has 3 atom stereocenters. The van der Waals surface area contributed by atoms with Crippen LogP contribution in [0.25, 0.3) is 0 Å². The van der Waals surface area contributed by atoms with Crippen molar-refractivity contribution >= 4 is 17.5 Å². The zero-order valence-corrected chi connectivity index (χ0v) is 20.0. The van der Waals surface area contributed by atoms with Crippen LogP contribution in [0.1, 0.15) is 43.2 Å². The molecule has 180 valence electrons. The van der Waals surface area contributed by atoms with E-state index in [1.54, 1.807) is 50.4 Å². The first kappa shape index (κ1) is 24.7. The zero-order valence-electron chi connectivity index (χ0n) is 20.0. The lowest BCUT2D eigenvalue weighted by atomic mass is 10.0. The second-order valence-electron chi connectivity index (χ2n) is 8.62. The number of hydrogen-bond donors (Lipinski definition) is 1. The average molecular weight is 459 g/mol. The van der Waals surface area contributed by atoms with E-state index >= 15 is 0 Å². The molecular formula is C24H34N4O5. The van der Waals surface area contributed by atoms with Gasteiger partial charge in [0.05, 0.1) is 17.4 Å². The molecule has 0 saturated heterocycles. The fraction of sp³-hybridized carbons (Fsp3) is 0.542. The molecule has 3 rings (SSSR count). The molecule has 33 heavy (non-hydrogen) atoms.